The molecule has 4 heteroatoms. The first kappa shape index (κ1) is 18.3. The molecule has 128 valence electrons. The number of nitriles is 1. The van der Waals surface area contributed by atoms with E-state index in [0.29, 0.717) is 11.6 Å². The molecule has 0 bridgehead atoms. The maximum Gasteiger partial charge on any atom is 0.267 e. The molecule has 1 atom stereocenters. The molecule has 0 aliphatic rings. The summed E-state index contributed by atoms with van der Waals surface area (Å²) in [5.41, 5.74) is 3.00. The highest BCUT2D eigenvalue weighted by molar-refractivity contribution is 6.06. The highest BCUT2D eigenvalue weighted by Crippen LogP contribution is 2.17. The number of amides is 1. The van der Waals surface area contributed by atoms with Crippen LogP contribution in [0.4, 0.5) is 5.69 Å². The number of rotatable bonds is 6. The predicted molar refractivity (Wildman–Crippen MR) is 101 cm³/mol. The smallest absolute Gasteiger partial charge is 0.267 e. The van der Waals surface area contributed by atoms with Crippen LogP contribution in [0.3, 0.4) is 0 Å². The van der Waals surface area contributed by atoms with Gasteiger partial charge in [0, 0.05) is 17.9 Å². The van der Waals surface area contributed by atoms with Crippen LogP contribution >= 0.6 is 0 Å². The normalized spacial score (nSPS) is 12.4. The molecule has 0 radical (unpaired) electrons. The molecule has 0 aromatic heterocycles. The van der Waals surface area contributed by atoms with Gasteiger partial charge in [-0.1, -0.05) is 56.3 Å². The molecule has 0 saturated carbocycles. The summed E-state index contributed by atoms with van der Waals surface area (Å²) in [6, 6.07) is 19.4. The summed E-state index contributed by atoms with van der Waals surface area (Å²) in [4.78, 5) is 12.3. The summed E-state index contributed by atoms with van der Waals surface area (Å²) in [5, 5.41) is 15.1. The van der Waals surface area contributed by atoms with Gasteiger partial charge in [-0.25, -0.2) is 0 Å². The van der Waals surface area contributed by atoms with Crippen LogP contribution in [-0.4, -0.2) is 5.91 Å². The lowest BCUT2D eigenvalue weighted by Gasteiger charge is -2.12. The number of hydrogen-bond donors (Lipinski definition) is 2. The highest BCUT2D eigenvalue weighted by Gasteiger charge is 2.11. The van der Waals surface area contributed by atoms with Crippen LogP contribution in [-0.2, 0) is 4.79 Å². The minimum absolute atomic E-state index is 0.00248. The average molecular weight is 333 g/mol. The van der Waals surface area contributed by atoms with Crippen LogP contribution in [0.25, 0.3) is 0 Å². The fourth-order valence-electron chi connectivity index (χ4n) is 2.34. The van der Waals surface area contributed by atoms with E-state index >= 15 is 0 Å². The Balaban J connectivity index is 2.01. The zero-order valence-corrected chi connectivity index (χ0v) is 14.8. The van der Waals surface area contributed by atoms with Crippen LogP contribution in [0, 0.1) is 11.3 Å². The third-order valence-electron chi connectivity index (χ3n) is 3.98. The molecule has 2 N–H and O–H groups in total. The van der Waals surface area contributed by atoms with E-state index in [-0.39, 0.29) is 11.6 Å². The SMILES string of the molecule is CC(C)c1ccc(NC(=O)/C(C#N)=C\NC(C)c2ccccc2)cc1. The molecule has 0 fully saturated rings. The van der Waals surface area contributed by atoms with E-state index < -0.39 is 5.91 Å². The van der Waals surface area contributed by atoms with Crippen molar-refractivity contribution in [2.24, 2.45) is 0 Å². The number of nitrogens with zero attached hydrogens (tertiary/aromatic N) is 1. The summed E-state index contributed by atoms with van der Waals surface area (Å²) < 4.78 is 0. The van der Waals surface area contributed by atoms with Gasteiger partial charge in [0.05, 0.1) is 0 Å². The zero-order valence-electron chi connectivity index (χ0n) is 14.8. The molecule has 0 aliphatic heterocycles. The Bertz CT molecular complexity index is 771. The van der Waals surface area contributed by atoms with Crippen LogP contribution in [0.5, 0.6) is 0 Å². The average Bonchev–Trinajstić information content (AvgIpc) is 2.63. The minimum Gasteiger partial charge on any atom is -0.383 e. The summed E-state index contributed by atoms with van der Waals surface area (Å²) >= 11 is 0. The van der Waals surface area contributed by atoms with Crippen LogP contribution in [0.15, 0.2) is 66.4 Å². The number of benzene rings is 2. The van der Waals surface area contributed by atoms with Crippen molar-refractivity contribution in [2.75, 3.05) is 5.32 Å². The Labute approximate surface area is 149 Å². The Hall–Kier alpha value is -3.06. The quantitative estimate of drug-likeness (QED) is 0.604. The Kier molecular flexibility index (Phi) is 6.36. The monoisotopic (exact) mass is 333 g/mol. The lowest BCUT2D eigenvalue weighted by atomic mass is 10.0. The van der Waals surface area contributed by atoms with Crippen LogP contribution in [0.2, 0.25) is 0 Å². The van der Waals surface area contributed by atoms with Gasteiger partial charge in [-0.3, -0.25) is 4.79 Å². The van der Waals surface area contributed by atoms with E-state index in [1.165, 1.54) is 11.8 Å². The third kappa shape index (κ3) is 5.22. The van der Waals surface area contributed by atoms with E-state index in [1.807, 2.05) is 67.6 Å². The topological polar surface area (TPSA) is 64.9 Å². The van der Waals surface area contributed by atoms with Crippen molar-refractivity contribution in [2.45, 2.75) is 32.7 Å². The number of carbonyl (C=O) groups excluding carboxylic acids is 1. The molecule has 2 rings (SSSR count). The highest BCUT2D eigenvalue weighted by atomic mass is 16.1. The molecular weight excluding hydrogens is 310 g/mol. The second-order valence-electron chi connectivity index (χ2n) is 6.20. The lowest BCUT2D eigenvalue weighted by Crippen LogP contribution is -2.18. The molecule has 1 unspecified atom stereocenters. The Morgan fingerprint density at radius 1 is 1.00 bits per heavy atom. The van der Waals surface area contributed by atoms with Gasteiger partial charge >= 0.3 is 0 Å². The molecule has 0 saturated heterocycles. The molecule has 0 aliphatic carbocycles. The fourth-order valence-corrected chi connectivity index (χ4v) is 2.34. The summed E-state index contributed by atoms with van der Waals surface area (Å²) in [7, 11) is 0. The van der Waals surface area contributed by atoms with E-state index in [2.05, 4.69) is 24.5 Å². The first-order chi connectivity index (χ1) is 12.0. The van der Waals surface area contributed by atoms with Crippen molar-refractivity contribution in [1.29, 1.82) is 5.26 Å². The van der Waals surface area contributed by atoms with Crippen molar-refractivity contribution >= 4 is 11.6 Å². The number of nitrogens with one attached hydrogen (secondary N) is 2. The standard InChI is InChI=1S/C21H23N3O/c1-15(2)17-9-11-20(12-10-17)24-21(25)19(13-22)14-23-16(3)18-7-5-4-6-8-18/h4-12,14-16,23H,1-3H3,(H,24,25)/b19-14-. The predicted octanol–water partition coefficient (Wildman–Crippen LogP) is 4.51. The molecule has 4 nitrogen and oxygen atoms in total. The molecule has 25 heavy (non-hydrogen) atoms. The largest absolute Gasteiger partial charge is 0.383 e. The van der Waals surface area contributed by atoms with E-state index in [1.54, 1.807) is 0 Å². The maximum absolute atomic E-state index is 12.3. The summed E-state index contributed by atoms with van der Waals surface area (Å²) in [5.74, 6) is 0.00977. The van der Waals surface area contributed by atoms with E-state index in [0.717, 1.165) is 5.56 Å². The van der Waals surface area contributed by atoms with Gasteiger partial charge in [0.2, 0.25) is 0 Å². The van der Waals surface area contributed by atoms with Gasteiger partial charge in [-0.2, -0.15) is 5.26 Å². The van der Waals surface area contributed by atoms with E-state index in [4.69, 9.17) is 0 Å². The third-order valence-corrected chi connectivity index (χ3v) is 3.98. The van der Waals surface area contributed by atoms with Gasteiger partial charge in [0.15, 0.2) is 0 Å². The van der Waals surface area contributed by atoms with E-state index in [9.17, 15) is 10.1 Å². The lowest BCUT2D eigenvalue weighted by molar-refractivity contribution is -0.112. The fraction of sp³-hybridized carbons (Fsp3) is 0.238. The molecule has 1 amide bonds. The second kappa shape index (κ2) is 8.70. The second-order valence-corrected chi connectivity index (χ2v) is 6.20. The van der Waals surface area contributed by atoms with Gasteiger partial charge in [-0.05, 0) is 36.1 Å². The van der Waals surface area contributed by atoms with Crippen molar-refractivity contribution < 1.29 is 4.79 Å². The molecule has 2 aromatic carbocycles. The van der Waals surface area contributed by atoms with Crippen molar-refractivity contribution in [3.8, 4) is 6.07 Å². The molecule has 0 spiro atoms. The Morgan fingerprint density at radius 2 is 1.64 bits per heavy atom. The maximum atomic E-state index is 12.3. The van der Waals surface area contributed by atoms with Crippen LogP contribution < -0.4 is 10.6 Å². The Morgan fingerprint density at radius 3 is 2.20 bits per heavy atom. The zero-order chi connectivity index (χ0) is 18.2. The number of hydrogen-bond acceptors (Lipinski definition) is 3. The number of carbonyl (C=O) groups is 1. The number of anilines is 1. The molecular formula is C21H23N3O. The molecule has 2 aromatic rings. The van der Waals surface area contributed by atoms with Crippen molar-refractivity contribution in [3.05, 3.63) is 77.5 Å². The first-order valence-electron chi connectivity index (χ1n) is 8.34. The minimum atomic E-state index is -0.424. The summed E-state index contributed by atoms with van der Waals surface area (Å²) in [6.45, 7) is 6.21. The summed E-state index contributed by atoms with van der Waals surface area (Å²) in [6.07, 6.45) is 1.47. The first-order valence-corrected chi connectivity index (χ1v) is 8.34. The van der Waals surface area contributed by atoms with Gasteiger partial charge in [0.25, 0.3) is 5.91 Å². The van der Waals surface area contributed by atoms with Crippen LogP contribution in [0.1, 0.15) is 43.9 Å². The van der Waals surface area contributed by atoms with Crippen molar-refractivity contribution in [1.82, 2.24) is 5.32 Å². The van der Waals surface area contributed by atoms with Gasteiger partial charge < -0.3 is 10.6 Å². The van der Waals surface area contributed by atoms with Crippen molar-refractivity contribution in [3.63, 3.8) is 0 Å². The van der Waals surface area contributed by atoms with Gasteiger partial charge in [-0.15, -0.1) is 0 Å². The molecule has 0 heterocycles. The van der Waals surface area contributed by atoms with Gasteiger partial charge in [0.1, 0.15) is 11.6 Å².